The van der Waals surface area contributed by atoms with Crippen LogP contribution in [0.4, 0.5) is 11.4 Å². The Morgan fingerprint density at radius 2 is 1.66 bits per heavy atom. The Morgan fingerprint density at radius 3 is 2.41 bits per heavy atom. The molecule has 5 N–H and O–H groups in total. The molecular weight excluding hydrogens is 599 g/mol. The fraction of sp³-hybridized carbons (Fsp3) is 0.212. The first-order chi connectivity index (χ1) is 20.8. The maximum Gasteiger partial charge on any atom is 0.261 e. The molecule has 0 bridgehead atoms. The van der Waals surface area contributed by atoms with Crippen LogP contribution < -0.4 is 10.0 Å². The summed E-state index contributed by atoms with van der Waals surface area (Å²) in [5.41, 5.74) is 0.419. The van der Waals surface area contributed by atoms with Gasteiger partial charge in [0.2, 0.25) is 0 Å². The maximum absolute atomic E-state index is 14.1. The summed E-state index contributed by atoms with van der Waals surface area (Å²) in [5.74, 6) is -0.488. The smallest absolute Gasteiger partial charge is 0.261 e. The molecule has 1 heterocycles. The molecule has 1 aliphatic carbocycles. The normalized spacial score (nSPS) is 20.0. The van der Waals surface area contributed by atoms with Crippen molar-refractivity contribution in [2.24, 2.45) is 10.3 Å². The van der Waals surface area contributed by atoms with Crippen molar-refractivity contribution < 1.29 is 27.4 Å². The van der Waals surface area contributed by atoms with Gasteiger partial charge in [0, 0.05) is 5.56 Å². The lowest BCUT2D eigenvalue weighted by atomic mass is 9.66. The number of amidine groups is 1. The van der Waals surface area contributed by atoms with Crippen LogP contribution in [0.5, 0.6) is 0 Å². The van der Waals surface area contributed by atoms with Gasteiger partial charge in [0.15, 0.2) is 11.6 Å². The van der Waals surface area contributed by atoms with Crippen LogP contribution in [-0.2, 0) is 20.2 Å². The molecule has 4 aromatic carbocycles. The molecule has 0 spiro atoms. The molecule has 0 unspecified atom stereocenters. The van der Waals surface area contributed by atoms with E-state index in [1.165, 1.54) is 24.3 Å². The van der Waals surface area contributed by atoms with Crippen molar-refractivity contribution in [2.75, 3.05) is 10.0 Å². The van der Waals surface area contributed by atoms with E-state index in [0.717, 1.165) is 17.2 Å². The number of nitrogens with one attached hydrogen (secondary N) is 2. The molecular formula is C33H33N3O6S2. The molecule has 44 heavy (non-hydrogen) atoms. The third-order valence-electron chi connectivity index (χ3n) is 8.23. The SMILES string of the molecule is CC(C)CC[C@@]1(C)C(=O)C(C2=NS(O)(O)c3cc(NS(=O)(=O)c4ccc5ccccc5c4)ccc3N2)=C(O)c2ccccc21. The summed E-state index contributed by atoms with van der Waals surface area (Å²) < 4.78 is 55.4. The largest absolute Gasteiger partial charge is 0.506 e. The van der Waals surface area contributed by atoms with Gasteiger partial charge in [0.25, 0.3) is 10.0 Å². The minimum atomic E-state index is -4.01. The standard InChI is InChI=1S/C33H33N3O6S2/c1-20(2)16-17-33(3)26-11-7-6-10-25(26)30(37)29(31(33)38)32-34-27-15-13-23(19-28(27)44(41,42)36-32)35-43(39,40)24-14-12-21-8-4-5-9-22(21)18-24/h4-15,18-20,35,37,41-42H,16-17H2,1-3H3,(H,34,36)/t33-/m1/s1. The van der Waals surface area contributed by atoms with Crippen LogP contribution in [0.25, 0.3) is 16.5 Å². The molecule has 4 aromatic rings. The average Bonchev–Trinajstić information content (AvgIpc) is 2.99. The zero-order valence-electron chi connectivity index (χ0n) is 24.4. The highest BCUT2D eigenvalue weighted by molar-refractivity contribution is 8.23. The number of aliphatic hydroxyl groups excluding tert-OH is 1. The molecule has 11 heteroatoms. The van der Waals surface area contributed by atoms with E-state index in [0.29, 0.717) is 23.5 Å². The molecule has 0 saturated heterocycles. The fourth-order valence-corrected chi connectivity index (χ4v) is 8.03. The van der Waals surface area contributed by atoms with Crippen LogP contribution in [0.1, 0.15) is 44.7 Å². The van der Waals surface area contributed by atoms with E-state index >= 15 is 0 Å². The molecule has 228 valence electrons. The predicted molar refractivity (Wildman–Crippen MR) is 176 cm³/mol. The number of Topliss-reactive ketones (excluding diaryl/α,β-unsaturated/α-hetero) is 1. The first-order valence-electron chi connectivity index (χ1n) is 14.2. The molecule has 0 aromatic heterocycles. The average molecular weight is 632 g/mol. The van der Waals surface area contributed by atoms with E-state index in [4.69, 9.17) is 0 Å². The highest BCUT2D eigenvalue weighted by Crippen LogP contribution is 2.57. The summed E-state index contributed by atoms with van der Waals surface area (Å²) in [7, 11) is -7.92. The van der Waals surface area contributed by atoms with Crippen molar-refractivity contribution in [1.29, 1.82) is 0 Å². The number of hydrogen-bond donors (Lipinski definition) is 5. The van der Waals surface area contributed by atoms with Gasteiger partial charge in [-0.05, 0) is 72.4 Å². The van der Waals surface area contributed by atoms with Crippen molar-refractivity contribution >= 4 is 60.3 Å². The van der Waals surface area contributed by atoms with Gasteiger partial charge in [-0.1, -0.05) is 79.2 Å². The number of hydrogen-bond acceptors (Lipinski definition) is 8. The third kappa shape index (κ3) is 5.15. The van der Waals surface area contributed by atoms with Crippen LogP contribution in [0.2, 0.25) is 0 Å². The molecule has 1 aliphatic heterocycles. The number of nitrogens with zero attached hydrogens (tertiary/aromatic N) is 1. The van der Waals surface area contributed by atoms with Gasteiger partial charge in [0.05, 0.1) is 21.7 Å². The van der Waals surface area contributed by atoms with Gasteiger partial charge in [-0.3, -0.25) is 18.6 Å². The zero-order chi connectivity index (χ0) is 31.4. The number of carbonyl (C=O) groups excluding carboxylic acids is 1. The molecule has 0 saturated carbocycles. The predicted octanol–water partition coefficient (Wildman–Crippen LogP) is 7.74. The van der Waals surface area contributed by atoms with Crippen LogP contribution in [0, 0.1) is 5.92 Å². The summed E-state index contributed by atoms with van der Waals surface area (Å²) in [5, 5.41) is 16.0. The summed E-state index contributed by atoms with van der Waals surface area (Å²) in [4.78, 5) is 14.1. The van der Waals surface area contributed by atoms with Crippen LogP contribution in [0.15, 0.2) is 105 Å². The first kappa shape index (κ1) is 29.9. The van der Waals surface area contributed by atoms with Gasteiger partial charge in [0.1, 0.15) is 16.2 Å². The van der Waals surface area contributed by atoms with Crippen molar-refractivity contribution in [3.8, 4) is 0 Å². The molecule has 2 aliphatic rings. The number of anilines is 2. The number of ketones is 1. The molecule has 6 rings (SSSR count). The Labute approximate surface area is 257 Å². The van der Waals surface area contributed by atoms with Crippen LogP contribution in [0.3, 0.4) is 0 Å². The van der Waals surface area contributed by atoms with Crippen LogP contribution in [-0.4, -0.2) is 34.2 Å². The number of benzene rings is 4. The third-order valence-corrected chi connectivity index (χ3v) is 11.0. The van der Waals surface area contributed by atoms with E-state index in [-0.39, 0.29) is 44.1 Å². The first-order valence-corrected chi connectivity index (χ1v) is 17.2. The summed E-state index contributed by atoms with van der Waals surface area (Å²) in [6.07, 6.45) is 1.29. The lowest BCUT2D eigenvalue weighted by Crippen LogP contribution is -2.42. The Bertz CT molecular complexity index is 2000. The van der Waals surface area contributed by atoms with Gasteiger partial charge in [-0.2, -0.15) is 0 Å². The minimum absolute atomic E-state index is 0.0497. The van der Waals surface area contributed by atoms with Crippen molar-refractivity contribution in [3.63, 3.8) is 0 Å². The fourth-order valence-electron chi connectivity index (χ4n) is 5.76. The van der Waals surface area contributed by atoms with Gasteiger partial charge < -0.3 is 10.4 Å². The molecule has 9 nitrogen and oxygen atoms in total. The maximum atomic E-state index is 14.1. The van der Waals surface area contributed by atoms with E-state index in [2.05, 4.69) is 28.3 Å². The second-order valence-corrected chi connectivity index (χ2v) is 15.1. The quantitative estimate of drug-likeness (QED) is 0.140. The van der Waals surface area contributed by atoms with Crippen molar-refractivity contribution in [2.45, 2.75) is 48.8 Å². The molecule has 0 fully saturated rings. The molecule has 0 radical (unpaired) electrons. The number of fused-ring (bicyclic) bond motifs is 3. The number of carbonyl (C=O) groups is 1. The Morgan fingerprint density at radius 1 is 0.955 bits per heavy atom. The lowest BCUT2D eigenvalue weighted by molar-refractivity contribution is -0.120. The Kier molecular flexibility index (Phi) is 7.32. The van der Waals surface area contributed by atoms with E-state index in [9.17, 15) is 27.4 Å². The molecule has 0 amide bonds. The summed E-state index contributed by atoms with van der Waals surface area (Å²) in [6, 6.07) is 23.6. The van der Waals surface area contributed by atoms with Crippen molar-refractivity contribution in [1.82, 2.24) is 0 Å². The number of aliphatic hydroxyl groups is 1. The molecule has 1 atom stereocenters. The number of rotatable bonds is 7. The lowest BCUT2D eigenvalue weighted by Gasteiger charge is -2.39. The van der Waals surface area contributed by atoms with E-state index in [1.807, 2.05) is 43.3 Å². The Hall–Kier alpha value is -4.16. The van der Waals surface area contributed by atoms with Crippen molar-refractivity contribution in [3.05, 3.63) is 102 Å². The summed E-state index contributed by atoms with van der Waals surface area (Å²) in [6.45, 7) is 5.99. The highest BCUT2D eigenvalue weighted by Gasteiger charge is 2.46. The summed E-state index contributed by atoms with van der Waals surface area (Å²) >= 11 is 0. The highest BCUT2D eigenvalue weighted by atomic mass is 32.3. The van der Waals surface area contributed by atoms with Gasteiger partial charge in [-0.25, -0.2) is 8.42 Å². The van der Waals surface area contributed by atoms with Crippen LogP contribution >= 0.6 is 10.8 Å². The minimum Gasteiger partial charge on any atom is -0.506 e. The topological polar surface area (TPSA) is 148 Å². The second kappa shape index (κ2) is 10.8. The van der Waals surface area contributed by atoms with Gasteiger partial charge in [-0.15, -0.1) is 4.40 Å². The monoisotopic (exact) mass is 631 g/mol. The Balaban J connectivity index is 1.35. The van der Waals surface area contributed by atoms with Gasteiger partial charge >= 0.3 is 0 Å². The number of sulfonamides is 1. The second-order valence-electron chi connectivity index (χ2n) is 11.8. The zero-order valence-corrected chi connectivity index (χ0v) is 26.0. The van der Waals surface area contributed by atoms with E-state index < -0.39 is 26.2 Å². The van der Waals surface area contributed by atoms with E-state index in [1.54, 1.807) is 24.3 Å².